The van der Waals surface area contributed by atoms with Gasteiger partial charge in [0.2, 0.25) is 0 Å². The fraction of sp³-hybridized carbons (Fsp3) is 0.381. The first-order valence-corrected chi connectivity index (χ1v) is 15.6. The van der Waals surface area contributed by atoms with Crippen LogP contribution in [0.2, 0.25) is 18.1 Å². The van der Waals surface area contributed by atoms with Crippen molar-refractivity contribution in [2.75, 3.05) is 0 Å². The molecule has 10 nitrogen and oxygen atoms in total. The topological polar surface area (TPSA) is 145 Å². The number of non-ortho nitro benzene ring substituents is 1. The van der Waals surface area contributed by atoms with E-state index in [9.17, 15) is 23.3 Å². The summed E-state index contributed by atoms with van der Waals surface area (Å²) in [7, 11) is -6.81. The van der Waals surface area contributed by atoms with E-state index in [1.807, 2.05) is 33.0 Å². The quantitative estimate of drug-likeness (QED) is 0.173. The summed E-state index contributed by atoms with van der Waals surface area (Å²) in [4.78, 5) is 25.0. The number of nitro groups is 1. The van der Waals surface area contributed by atoms with Gasteiger partial charge in [-0.25, -0.2) is 0 Å². The van der Waals surface area contributed by atoms with Gasteiger partial charge in [-0.15, -0.1) is 10.2 Å². The molecule has 0 spiro atoms. The van der Waals surface area contributed by atoms with Crippen LogP contribution in [0.1, 0.15) is 37.8 Å². The van der Waals surface area contributed by atoms with Crippen LogP contribution in [0.4, 0.5) is 5.69 Å². The molecule has 0 aliphatic rings. The zero-order valence-corrected chi connectivity index (χ0v) is 21.8. The highest BCUT2D eigenvalue weighted by Crippen LogP contribution is 2.43. The second-order valence-corrected chi connectivity index (χ2v) is 16.0. The lowest BCUT2D eigenvalue weighted by Gasteiger charge is -2.35. The number of nitro benzene ring substituents is 1. The zero-order valence-electron chi connectivity index (χ0n) is 19.2. The number of benzene rings is 1. The van der Waals surface area contributed by atoms with E-state index in [4.69, 9.17) is 4.18 Å². The van der Waals surface area contributed by atoms with Gasteiger partial charge in [0.15, 0.2) is 13.3 Å². The second-order valence-electron chi connectivity index (χ2n) is 8.93. The largest absolute Gasteiger partial charge is 0.432 e. The Morgan fingerprint density at radius 1 is 1.18 bits per heavy atom. The summed E-state index contributed by atoms with van der Waals surface area (Å²) in [6.07, 6.45) is 1.43. The maximum Gasteiger partial charge on any atom is 0.297 e. The fourth-order valence-corrected chi connectivity index (χ4v) is 5.69. The first-order valence-electron chi connectivity index (χ1n) is 10.4. The third-order valence-electron chi connectivity index (χ3n) is 5.87. The molecule has 1 N–H and O–H groups in total. The van der Waals surface area contributed by atoms with Crippen LogP contribution in [0, 0.1) is 10.1 Å². The van der Waals surface area contributed by atoms with Gasteiger partial charge in [0.1, 0.15) is 16.8 Å². The average Bonchev–Trinajstić information content (AvgIpc) is 3.27. The van der Waals surface area contributed by atoms with Crippen molar-refractivity contribution in [3.05, 3.63) is 63.8 Å². The number of nitrogens with zero attached hydrogens (tertiary/aromatic N) is 4. The third kappa shape index (κ3) is 6.10. The standard InChI is InChI=1S/C21H26N4O6S2Si/c1-21(2,34(3,4)30)13-12-18(20-24-23-19(32-20)17-7-5-6-14-22-17)31-33(28,29)16-10-8-15(9-11-16)25(26)27/h5-11,14,18,30H,12-13H2,1-4H3. The van der Waals surface area contributed by atoms with Gasteiger partial charge in [-0.05, 0) is 55.2 Å². The predicted molar refractivity (Wildman–Crippen MR) is 130 cm³/mol. The lowest BCUT2D eigenvalue weighted by Crippen LogP contribution is -2.39. The first-order chi connectivity index (χ1) is 15.8. The molecule has 0 saturated heterocycles. The highest BCUT2D eigenvalue weighted by Gasteiger charge is 2.39. The molecular formula is C21H26N4O6S2Si. The lowest BCUT2D eigenvalue weighted by molar-refractivity contribution is -0.384. The highest BCUT2D eigenvalue weighted by molar-refractivity contribution is 7.86. The summed E-state index contributed by atoms with van der Waals surface area (Å²) in [6, 6.07) is 9.85. The van der Waals surface area contributed by atoms with Crippen molar-refractivity contribution in [2.24, 2.45) is 0 Å². The zero-order chi connectivity index (χ0) is 25.1. The number of rotatable bonds is 10. The van der Waals surface area contributed by atoms with E-state index < -0.39 is 34.5 Å². The van der Waals surface area contributed by atoms with E-state index in [1.165, 1.54) is 11.3 Å². The molecule has 0 radical (unpaired) electrons. The Bertz CT molecular complexity index is 1240. The molecular weight excluding hydrogens is 496 g/mol. The Hall–Kier alpha value is -2.58. The summed E-state index contributed by atoms with van der Waals surface area (Å²) >= 11 is 1.18. The molecule has 0 amide bonds. The minimum absolute atomic E-state index is 0.200. The molecule has 1 unspecified atom stereocenters. The Balaban J connectivity index is 1.91. The van der Waals surface area contributed by atoms with Gasteiger partial charge >= 0.3 is 0 Å². The molecule has 0 aliphatic heterocycles. The minimum Gasteiger partial charge on any atom is -0.432 e. The van der Waals surface area contributed by atoms with E-state index in [2.05, 4.69) is 15.2 Å². The Labute approximate surface area is 203 Å². The van der Waals surface area contributed by atoms with Gasteiger partial charge in [-0.2, -0.15) is 8.42 Å². The molecule has 0 fully saturated rings. The van der Waals surface area contributed by atoms with E-state index in [1.54, 1.807) is 18.3 Å². The molecule has 3 aromatic rings. The second kappa shape index (κ2) is 9.96. The smallest absolute Gasteiger partial charge is 0.297 e. The summed E-state index contributed by atoms with van der Waals surface area (Å²) in [5, 5.41) is 19.7. The van der Waals surface area contributed by atoms with E-state index in [-0.39, 0.29) is 17.0 Å². The third-order valence-corrected chi connectivity index (χ3v) is 11.8. The van der Waals surface area contributed by atoms with Crippen molar-refractivity contribution >= 4 is 35.5 Å². The molecule has 3 rings (SSSR count). The van der Waals surface area contributed by atoms with E-state index >= 15 is 0 Å². The summed E-state index contributed by atoms with van der Waals surface area (Å²) in [5.74, 6) is 0. The Morgan fingerprint density at radius 2 is 1.85 bits per heavy atom. The van der Waals surface area contributed by atoms with E-state index in [0.717, 1.165) is 24.3 Å². The van der Waals surface area contributed by atoms with Gasteiger partial charge < -0.3 is 4.80 Å². The summed E-state index contributed by atoms with van der Waals surface area (Å²) in [5.41, 5.74) is 0.379. The number of pyridine rings is 1. The van der Waals surface area contributed by atoms with Crippen LogP contribution in [0.15, 0.2) is 53.6 Å². The maximum atomic E-state index is 13.0. The van der Waals surface area contributed by atoms with Crippen molar-refractivity contribution in [3.63, 3.8) is 0 Å². The Morgan fingerprint density at radius 3 is 2.41 bits per heavy atom. The average molecular weight is 523 g/mol. The van der Waals surface area contributed by atoms with Gasteiger partial charge in [-0.3, -0.25) is 19.3 Å². The van der Waals surface area contributed by atoms with Gasteiger partial charge in [0, 0.05) is 18.3 Å². The van der Waals surface area contributed by atoms with Gasteiger partial charge in [-0.1, -0.05) is 31.3 Å². The molecule has 1 atom stereocenters. The molecule has 34 heavy (non-hydrogen) atoms. The molecule has 0 saturated carbocycles. The van der Waals surface area contributed by atoms with Crippen LogP contribution in [0.3, 0.4) is 0 Å². The van der Waals surface area contributed by atoms with Crippen LogP contribution in [0.5, 0.6) is 0 Å². The number of hydrogen-bond donors (Lipinski definition) is 1. The van der Waals surface area contributed by atoms with Crippen LogP contribution in [-0.2, 0) is 14.3 Å². The van der Waals surface area contributed by atoms with Crippen LogP contribution in [0.25, 0.3) is 10.7 Å². The summed E-state index contributed by atoms with van der Waals surface area (Å²) in [6.45, 7) is 7.56. The lowest BCUT2D eigenvalue weighted by atomic mass is 10.0. The Kier molecular flexibility index (Phi) is 7.62. The predicted octanol–water partition coefficient (Wildman–Crippen LogP) is 4.71. The molecule has 0 aliphatic carbocycles. The van der Waals surface area contributed by atoms with Crippen molar-refractivity contribution in [1.29, 1.82) is 0 Å². The molecule has 13 heteroatoms. The van der Waals surface area contributed by atoms with Crippen molar-refractivity contribution in [2.45, 2.75) is 55.8 Å². The van der Waals surface area contributed by atoms with Crippen LogP contribution in [-0.4, -0.2) is 41.6 Å². The SMILES string of the molecule is CC(C)(CCC(OS(=O)(=O)c1ccc([N+](=O)[O-])cc1)c1nnc(-c2ccccn2)s1)[Si](C)(C)O. The number of aromatic nitrogens is 3. The molecule has 182 valence electrons. The molecule has 0 bridgehead atoms. The normalized spacial score (nSPS) is 13.6. The molecule has 2 aromatic heterocycles. The van der Waals surface area contributed by atoms with Gasteiger partial charge in [0.25, 0.3) is 15.8 Å². The highest BCUT2D eigenvalue weighted by atomic mass is 32.2. The molecule has 1 aromatic carbocycles. The summed E-state index contributed by atoms with van der Waals surface area (Å²) < 4.78 is 31.6. The number of hydrogen-bond acceptors (Lipinski definition) is 10. The maximum absolute atomic E-state index is 13.0. The van der Waals surface area contributed by atoms with Crippen LogP contribution >= 0.6 is 11.3 Å². The minimum atomic E-state index is -4.26. The monoisotopic (exact) mass is 522 g/mol. The van der Waals surface area contributed by atoms with E-state index in [0.29, 0.717) is 22.1 Å². The van der Waals surface area contributed by atoms with Crippen molar-refractivity contribution < 1.29 is 22.3 Å². The van der Waals surface area contributed by atoms with Crippen LogP contribution < -0.4 is 0 Å². The van der Waals surface area contributed by atoms with Gasteiger partial charge in [0.05, 0.1) is 9.82 Å². The van der Waals surface area contributed by atoms with Crippen molar-refractivity contribution in [3.8, 4) is 10.7 Å². The fourth-order valence-electron chi connectivity index (χ4n) is 2.91. The molecule has 2 heterocycles. The van der Waals surface area contributed by atoms with Crippen molar-refractivity contribution in [1.82, 2.24) is 15.2 Å². The first kappa shape index (κ1) is 26.0.